The van der Waals surface area contributed by atoms with E-state index in [1.165, 1.54) is 11.8 Å². The number of thiophene rings is 1. The molecule has 1 N–H and O–H groups in total. The van der Waals surface area contributed by atoms with Gasteiger partial charge >= 0.3 is 0 Å². The summed E-state index contributed by atoms with van der Waals surface area (Å²) in [6.07, 6.45) is 0. The van der Waals surface area contributed by atoms with Gasteiger partial charge in [-0.15, -0.1) is 11.3 Å². The van der Waals surface area contributed by atoms with Gasteiger partial charge < -0.3 is 4.98 Å². The van der Waals surface area contributed by atoms with Crippen LogP contribution in [0.15, 0.2) is 40.3 Å². The van der Waals surface area contributed by atoms with E-state index < -0.39 is 0 Å². The number of hydrogen-bond acceptors (Lipinski definition) is 4. The minimum atomic E-state index is -0.0713. The molecular weight excluding hydrogens is 312 g/mol. The van der Waals surface area contributed by atoms with Gasteiger partial charge in [-0.1, -0.05) is 35.5 Å². The second-order valence-electron chi connectivity index (χ2n) is 4.36. The first-order valence-corrected chi connectivity index (χ1v) is 8.17. The Labute approximate surface area is 129 Å². The quantitative estimate of drug-likeness (QED) is 0.579. The summed E-state index contributed by atoms with van der Waals surface area (Å²) in [4.78, 5) is 21.2. The average Bonchev–Trinajstić information content (AvgIpc) is 2.79. The topological polar surface area (TPSA) is 45.8 Å². The van der Waals surface area contributed by atoms with Crippen LogP contribution in [0, 0.1) is 6.92 Å². The third kappa shape index (κ3) is 2.90. The predicted molar refractivity (Wildman–Crippen MR) is 86.0 cm³/mol. The molecule has 0 aliphatic rings. The molecule has 3 rings (SSSR count). The summed E-state index contributed by atoms with van der Waals surface area (Å²) in [5.41, 5.74) is 1.07. The number of aryl methyl sites for hydroxylation is 1. The molecule has 0 saturated heterocycles. The van der Waals surface area contributed by atoms with E-state index >= 15 is 0 Å². The van der Waals surface area contributed by atoms with Gasteiger partial charge in [0.1, 0.15) is 4.83 Å². The standard InChI is InChI=1S/C14H11ClN2OS2/c1-8-6-11-12(18)16-14(17-13(11)20-8)19-7-9-2-4-10(15)5-3-9/h2-6H,7H2,1H3,(H,16,17,18). The van der Waals surface area contributed by atoms with Crippen LogP contribution in [0.25, 0.3) is 10.2 Å². The Morgan fingerprint density at radius 1 is 1.35 bits per heavy atom. The van der Waals surface area contributed by atoms with E-state index in [9.17, 15) is 4.79 Å². The van der Waals surface area contributed by atoms with Crippen molar-refractivity contribution in [2.45, 2.75) is 17.8 Å². The number of benzene rings is 1. The zero-order chi connectivity index (χ0) is 14.1. The van der Waals surface area contributed by atoms with E-state index in [2.05, 4.69) is 9.97 Å². The van der Waals surface area contributed by atoms with Crippen molar-refractivity contribution in [1.82, 2.24) is 9.97 Å². The van der Waals surface area contributed by atoms with Gasteiger partial charge in [0, 0.05) is 15.7 Å². The summed E-state index contributed by atoms with van der Waals surface area (Å²) in [5, 5.41) is 2.04. The fourth-order valence-electron chi connectivity index (χ4n) is 1.83. The Balaban J connectivity index is 1.84. The molecule has 20 heavy (non-hydrogen) atoms. The van der Waals surface area contributed by atoms with Crippen molar-refractivity contribution in [3.63, 3.8) is 0 Å². The number of H-pyrrole nitrogens is 1. The van der Waals surface area contributed by atoms with E-state index in [-0.39, 0.29) is 5.56 Å². The van der Waals surface area contributed by atoms with Crippen molar-refractivity contribution in [2.24, 2.45) is 0 Å². The normalized spacial score (nSPS) is 11.1. The van der Waals surface area contributed by atoms with Crippen LogP contribution < -0.4 is 5.56 Å². The lowest BCUT2D eigenvalue weighted by atomic mass is 10.2. The molecule has 0 unspecified atom stereocenters. The Morgan fingerprint density at radius 2 is 2.10 bits per heavy atom. The predicted octanol–water partition coefficient (Wildman–Crippen LogP) is 4.24. The summed E-state index contributed by atoms with van der Waals surface area (Å²) in [6.45, 7) is 1.98. The van der Waals surface area contributed by atoms with Crippen molar-refractivity contribution < 1.29 is 0 Å². The maximum Gasteiger partial charge on any atom is 0.260 e. The van der Waals surface area contributed by atoms with Crippen LogP contribution in [0.4, 0.5) is 0 Å². The molecule has 2 aromatic heterocycles. The molecule has 0 aliphatic carbocycles. The minimum Gasteiger partial charge on any atom is -0.301 e. The van der Waals surface area contributed by atoms with Gasteiger partial charge in [-0.05, 0) is 30.7 Å². The van der Waals surface area contributed by atoms with Crippen LogP contribution >= 0.6 is 34.7 Å². The number of halogens is 1. The van der Waals surface area contributed by atoms with E-state index in [1.807, 2.05) is 37.3 Å². The molecule has 1 aromatic carbocycles. The molecule has 102 valence electrons. The number of aromatic amines is 1. The molecule has 3 aromatic rings. The Kier molecular flexibility index (Phi) is 3.83. The molecule has 0 amide bonds. The summed E-state index contributed by atoms with van der Waals surface area (Å²) in [5.74, 6) is 0.746. The van der Waals surface area contributed by atoms with Crippen LogP contribution in [-0.4, -0.2) is 9.97 Å². The number of hydrogen-bond donors (Lipinski definition) is 1. The minimum absolute atomic E-state index is 0.0713. The molecule has 0 saturated carbocycles. The molecule has 0 aliphatic heterocycles. The third-order valence-electron chi connectivity index (χ3n) is 2.79. The molecule has 6 heteroatoms. The fraction of sp³-hybridized carbons (Fsp3) is 0.143. The fourth-order valence-corrected chi connectivity index (χ4v) is 3.71. The molecule has 2 heterocycles. The average molecular weight is 323 g/mol. The molecule has 0 fully saturated rings. The third-order valence-corrected chi connectivity index (χ3v) is 4.93. The molecule has 0 bridgehead atoms. The van der Waals surface area contributed by atoms with Gasteiger partial charge in [-0.25, -0.2) is 4.98 Å². The van der Waals surface area contributed by atoms with Crippen molar-refractivity contribution >= 4 is 44.9 Å². The maximum absolute atomic E-state index is 11.9. The number of nitrogens with one attached hydrogen (secondary N) is 1. The van der Waals surface area contributed by atoms with Crippen LogP contribution in [0.5, 0.6) is 0 Å². The zero-order valence-corrected chi connectivity index (χ0v) is 13.0. The van der Waals surface area contributed by atoms with Crippen LogP contribution in [-0.2, 0) is 5.75 Å². The molecule has 3 nitrogen and oxygen atoms in total. The van der Waals surface area contributed by atoms with Crippen LogP contribution in [0.1, 0.15) is 10.4 Å². The van der Waals surface area contributed by atoms with Gasteiger partial charge in [-0.3, -0.25) is 4.79 Å². The second-order valence-corrected chi connectivity index (χ2v) is 7.00. The van der Waals surface area contributed by atoms with Crippen molar-refractivity contribution in [1.29, 1.82) is 0 Å². The number of fused-ring (bicyclic) bond motifs is 1. The molecule has 0 spiro atoms. The van der Waals surface area contributed by atoms with Crippen molar-refractivity contribution in [2.75, 3.05) is 0 Å². The van der Waals surface area contributed by atoms with Crippen LogP contribution in [0.3, 0.4) is 0 Å². The number of thioether (sulfide) groups is 1. The summed E-state index contributed by atoms with van der Waals surface area (Å²) in [6, 6.07) is 9.54. The molecular formula is C14H11ClN2OS2. The first-order chi connectivity index (χ1) is 9.61. The lowest BCUT2D eigenvalue weighted by Crippen LogP contribution is -2.07. The number of nitrogens with zero attached hydrogens (tertiary/aromatic N) is 1. The highest BCUT2D eigenvalue weighted by Gasteiger charge is 2.07. The highest BCUT2D eigenvalue weighted by molar-refractivity contribution is 7.98. The summed E-state index contributed by atoms with van der Waals surface area (Å²) in [7, 11) is 0. The second kappa shape index (κ2) is 5.60. The first-order valence-electron chi connectivity index (χ1n) is 5.99. The van der Waals surface area contributed by atoms with E-state index in [4.69, 9.17) is 11.6 Å². The zero-order valence-electron chi connectivity index (χ0n) is 10.6. The van der Waals surface area contributed by atoms with Gasteiger partial charge in [0.15, 0.2) is 5.16 Å². The highest BCUT2D eigenvalue weighted by Crippen LogP contribution is 2.24. The Bertz CT molecular complexity index is 808. The monoisotopic (exact) mass is 322 g/mol. The van der Waals surface area contributed by atoms with Gasteiger partial charge in [0.05, 0.1) is 5.39 Å². The van der Waals surface area contributed by atoms with Gasteiger partial charge in [0.2, 0.25) is 0 Å². The first kappa shape index (κ1) is 13.7. The van der Waals surface area contributed by atoms with Gasteiger partial charge in [0.25, 0.3) is 5.56 Å². The largest absolute Gasteiger partial charge is 0.301 e. The summed E-state index contributed by atoms with van der Waals surface area (Å²) >= 11 is 8.91. The maximum atomic E-state index is 11.9. The lowest BCUT2D eigenvalue weighted by Gasteiger charge is -2.01. The number of rotatable bonds is 3. The molecule has 0 atom stereocenters. The highest BCUT2D eigenvalue weighted by atomic mass is 35.5. The van der Waals surface area contributed by atoms with E-state index in [0.717, 1.165) is 26.0 Å². The Morgan fingerprint density at radius 3 is 2.85 bits per heavy atom. The smallest absolute Gasteiger partial charge is 0.260 e. The van der Waals surface area contributed by atoms with E-state index in [0.29, 0.717) is 10.5 Å². The van der Waals surface area contributed by atoms with Gasteiger partial charge in [-0.2, -0.15) is 0 Å². The van der Waals surface area contributed by atoms with E-state index in [1.54, 1.807) is 11.3 Å². The van der Waals surface area contributed by atoms with Crippen molar-refractivity contribution in [3.8, 4) is 0 Å². The molecule has 0 radical (unpaired) electrons. The Hall–Kier alpha value is -1.30. The number of aromatic nitrogens is 2. The van der Waals surface area contributed by atoms with Crippen molar-refractivity contribution in [3.05, 3.63) is 56.1 Å². The summed E-state index contributed by atoms with van der Waals surface area (Å²) < 4.78 is 0. The SMILES string of the molecule is Cc1cc2c(=O)[nH]c(SCc3ccc(Cl)cc3)nc2s1. The lowest BCUT2D eigenvalue weighted by molar-refractivity contribution is 0.979. The van der Waals surface area contributed by atoms with Crippen LogP contribution in [0.2, 0.25) is 5.02 Å².